The van der Waals surface area contributed by atoms with Gasteiger partial charge in [0.2, 0.25) is 0 Å². The number of rotatable bonds is 5. The van der Waals surface area contributed by atoms with E-state index in [1.54, 1.807) is 0 Å². The second-order valence-corrected chi connectivity index (χ2v) is 8.27. The topological polar surface area (TPSA) is 23.8 Å². The maximum absolute atomic E-state index is 8.93. The number of hydrogen-bond acceptors (Lipinski definition) is 1. The summed E-state index contributed by atoms with van der Waals surface area (Å²) < 4.78 is 0. The SMILES string of the molecule is CCCC[C@H]1CC[C@H]([C@H]2CC[C@H](c3ccc(C#N)cc3)CC2)CC1. The molecule has 0 amide bonds. The van der Waals surface area contributed by atoms with Gasteiger partial charge in [-0.05, 0) is 79.9 Å². The Labute approximate surface area is 148 Å². The highest BCUT2D eigenvalue weighted by Gasteiger charge is 2.31. The van der Waals surface area contributed by atoms with Crippen LogP contribution < -0.4 is 0 Å². The van der Waals surface area contributed by atoms with Crippen LogP contribution in [0.15, 0.2) is 24.3 Å². The Hall–Kier alpha value is -1.29. The number of unbranched alkanes of at least 4 members (excludes halogenated alkanes) is 1. The van der Waals surface area contributed by atoms with Gasteiger partial charge in [0.25, 0.3) is 0 Å². The molecule has 1 aromatic rings. The Kier molecular flexibility index (Phi) is 6.36. The maximum Gasteiger partial charge on any atom is 0.0991 e. The fraction of sp³-hybridized carbons (Fsp3) is 0.696. The molecule has 0 atom stereocenters. The molecule has 3 rings (SSSR count). The van der Waals surface area contributed by atoms with Crippen LogP contribution >= 0.6 is 0 Å². The third-order valence-corrected chi connectivity index (χ3v) is 6.81. The van der Waals surface area contributed by atoms with Crippen LogP contribution in [0.2, 0.25) is 0 Å². The maximum atomic E-state index is 8.93. The van der Waals surface area contributed by atoms with Crippen molar-refractivity contribution in [2.75, 3.05) is 0 Å². The van der Waals surface area contributed by atoms with Crippen molar-refractivity contribution >= 4 is 0 Å². The minimum Gasteiger partial charge on any atom is -0.192 e. The molecule has 0 aromatic heterocycles. The monoisotopic (exact) mass is 323 g/mol. The summed E-state index contributed by atoms with van der Waals surface area (Å²) in [5, 5.41) is 8.93. The fourth-order valence-corrected chi connectivity index (χ4v) is 5.19. The van der Waals surface area contributed by atoms with Gasteiger partial charge < -0.3 is 0 Å². The Morgan fingerprint density at radius 2 is 1.46 bits per heavy atom. The zero-order chi connectivity index (χ0) is 16.8. The van der Waals surface area contributed by atoms with E-state index in [9.17, 15) is 0 Å². The Balaban J connectivity index is 1.44. The van der Waals surface area contributed by atoms with Crippen molar-refractivity contribution in [3.63, 3.8) is 0 Å². The Morgan fingerprint density at radius 1 is 0.875 bits per heavy atom. The third-order valence-electron chi connectivity index (χ3n) is 6.81. The third kappa shape index (κ3) is 4.41. The molecule has 130 valence electrons. The molecule has 1 aromatic carbocycles. The van der Waals surface area contributed by atoms with Gasteiger partial charge in [-0.2, -0.15) is 5.26 Å². The number of nitrogens with zero attached hydrogens (tertiary/aromatic N) is 1. The van der Waals surface area contributed by atoms with E-state index in [2.05, 4.69) is 25.1 Å². The first-order valence-electron chi connectivity index (χ1n) is 10.3. The molecule has 1 heteroatoms. The quantitative estimate of drug-likeness (QED) is 0.582. The molecule has 0 spiro atoms. The average Bonchev–Trinajstić information content (AvgIpc) is 2.67. The molecule has 2 saturated carbocycles. The van der Waals surface area contributed by atoms with Gasteiger partial charge in [-0.15, -0.1) is 0 Å². The van der Waals surface area contributed by atoms with E-state index in [-0.39, 0.29) is 0 Å². The zero-order valence-corrected chi connectivity index (χ0v) is 15.3. The average molecular weight is 324 g/mol. The summed E-state index contributed by atoms with van der Waals surface area (Å²) in [6.07, 6.45) is 15.8. The van der Waals surface area contributed by atoms with Crippen molar-refractivity contribution in [1.29, 1.82) is 5.26 Å². The van der Waals surface area contributed by atoms with Crippen molar-refractivity contribution in [3.05, 3.63) is 35.4 Å². The van der Waals surface area contributed by atoms with Gasteiger partial charge in [-0.25, -0.2) is 0 Å². The Morgan fingerprint density at radius 3 is 2.00 bits per heavy atom. The van der Waals surface area contributed by atoms with E-state index in [4.69, 9.17) is 5.26 Å². The lowest BCUT2D eigenvalue weighted by Gasteiger charge is -2.38. The van der Waals surface area contributed by atoms with Gasteiger partial charge >= 0.3 is 0 Å². The molecule has 24 heavy (non-hydrogen) atoms. The summed E-state index contributed by atoms with van der Waals surface area (Å²) in [7, 11) is 0. The van der Waals surface area contributed by atoms with Gasteiger partial charge in [-0.3, -0.25) is 0 Å². The van der Waals surface area contributed by atoms with E-state index < -0.39 is 0 Å². The van der Waals surface area contributed by atoms with Gasteiger partial charge in [0.1, 0.15) is 0 Å². The summed E-state index contributed by atoms with van der Waals surface area (Å²) in [5.41, 5.74) is 2.24. The lowest BCUT2D eigenvalue weighted by molar-refractivity contribution is 0.156. The standard InChI is InChI=1S/C23H33N/c1-2-3-4-18-5-9-20(10-6-18)22-13-15-23(16-14-22)21-11-7-19(17-24)8-12-21/h7-8,11-12,18,20,22-23H,2-6,9-10,13-16H2,1H3/t18-,20-,22-,23-. The molecular weight excluding hydrogens is 290 g/mol. The summed E-state index contributed by atoms with van der Waals surface area (Å²) >= 11 is 0. The van der Waals surface area contributed by atoms with E-state index in [0.717, 1.165) is 29.2 Å². The van der Waals surface area contributed by atoms with Gasteiger partial charge in [-0.1, -0.05) is 51.2 Å². The number of nitriles is 1. The summed E-state index contributed by atoms with van der Waals surface area (Å²) in [6, 6.07) is 10.6. The van der Waals surface area contributed by atoms with Crippen LogP contribution in [0, 0.1) is 29.1 Å². The first-order chi connectivity index (χ1) is 11.8. The molecule has 2 aliphatic rings. The Bertz CT molecular complexity index is 522. The highest BCUT2D eigenvalue weighted by Crippen LogP contribution is 2.44. The molecule has 0 radical (unpaired) electrons. The second kappa shape index (κ2) is 8.70. The highest BCUT2D eigenvalue weighted by atomic mass is 14.4. The summed E-state index contributed by atoms with van der Waals surface area (Å²) in [6.45, 7) is 2.32. The van der Waals surface area contributed by atoms with E-state index >= 15 is 0 Å². The highest BCUT2D eigenvalue weighted by molar-refractivity contribution is 5.33. The van der Waals surface area contributed by atoms with Crippen LogP contribution in [0.1, 0.15) is 94.6 Å². The number of hydrogen-bond donors (Lipinski definition) is 0. The predicted octanol–water partition coefficient (Wildman–Crippen LogP) is 6.83. The lowest BCUT2D eigenvalue weighted by Crippen LogP contribution is -2.25. The van der Waals surface area contributed by atoms with Crippen LogP contribution in [-0.2, 0) is 0 Å². The van der Waals surface area contributed by atoms with E-state index in [0.29, 0.717) is 0 Å². The normalized spacial score (nSPS) is 30.7. The molecule has 0 heterocycles. The largest absolute Gasteiger partial charge is 0.192 e. The van der Waals surface area contributed by atoms with Crippen LogP contribution in [0.5, 0.6) is 0 Å². The number of benzene rings is 1. The van der Waals surface area contributed by atoms with Crippen molar-refractivity contribution in [1.82, 2.24) is 0 Å². The van der Waals surface area contributed by atoms with Gasteiger partial charge in [0.15, 0.2) is 0 Å². The first kappa shape index (κ1) is 17.5. The summed E-state index contributed by atoms with van der Waals surface area (Å²) in [5.74, 6) is 3.78. The minimum atomic E-state index is 0.731. The van der Waals surface area contributed by atoms with Crippen LogP contribution in [-0.4, -0.2) is 0 Å². The second-order valence-electron chi connectivity index (χ2n) is 8.27. The summed E-state index contributed by atoms with van der Waals surface area (Å²) in [4.78, 5) is 0. The van der Waals surface area contributed by atoms with Crippen molar-refractivity contribution in [2.24, 2.45) is 17.8 Å². The molecule has 0 N–H and O–H groups in total. The minimum absolute atomic E-state index is 0.731. The molecule has 2 fully saturated rings. The van der Waals surface area contributed by atoms with Gasteiger partial charge in [0, 0.05) is 0 Å². The van der Waals surface area contributed by atoms with Crippen LogP contribution in [0.3, 0.4) is 0 Å². The van der Waals surface area contributed by atoms with Gasteiger partial charge in [0.05, 0.1) is 11.6 Å². The molecule has 1 nitrogen and oxygen atoms in total. The van der Waals surface area contributed by atoms with Crippen molar-refractivity contribution in [3.8, 4) is 6.07 Å². The first-order valence-corrected chi connectivity index (χ1v) is 10.3. The van der Waals surface area contributed by atoms with Crippen LogP contribution in [0.25, 0.3) is 0 Å². The molecular formula is C23H33N. The molecule has 0 saturated heterocycles. The molecule has 2 aliphatic carbocycles. The fourth-order valence-electron chi connectivity index (χ4n) is 5.19. The van der Waals surface area contributed by atoms with E-state index in [1.807, 2.05) is 12.1 Å². The van der Waals surface area contributed by atoms with Crippen LogP contribution in [0.4, 0.5) is 0 Å². The molecule has 0 aliphatic heterocycles. The van der Waals surface area contributed by atoms with E-state index in [1.165, 1.54) is 76.2 Å². The predicted molar refractivity (Wildman–Crippen MR) is 101 cm³/mol. The van der Waals surface area contributed by atoms with Crippen molar-refractivity contribution < 1.29 is 0 Å². The zero-order valence-electron chi connectivity index (χ0n) is 15.3. The molecule has 0 bridgehead atoms. The lowest BCUT2D eigenvalue weighted by atomic mass is 9.68. The smallest absolute Gasteiger partial charge is 0.0991 e. The molecule has 0 unspecified atom stereocenters. The van der Waals surface area contributed by atoms with Crippen molar-refractivity contribution in [2.45, 2.75) is 83.5 Å².